The van der Waals surface area contributed by atoms with Gasteiger partial charge in [0.15, 0.2) is 0 Å². The summed E-state index contributed by atoms with van der Waals surface area (Å²) in [5.74, 6) is 0. The fraction of sp³-hybridized carbons (Fsp3) is 0.750. The van der Waals surface area contributed by atoms with E-state index in [9.17, 15) is 0 Å². The average Bonchev–Trinajstić information content (AvgIpc) is 2.72. The summed E-state index contributed by atoms with van der Waals surface area (Å²) >= 11 is 0. The van der Waals surface area contributed by atoms with Crippen molar-refractivity contribution in [3.63, 3.8) is 0 Å². The molecule has 0 spiro atoms. The number of likely N-dealkylation sites (N-methyl/N-ethyl adjacent to an activating group) is 1. The standard InChI is InChI=1S/C12H23N3O/c1-10(2)15-7-5-12(14-15)9-11(13-3)6-8-16-4/h5,7,10-11,13H,6,8-9H2,1-4H3. The summed E-state index contributed by atoms with van der Waals surface area (Å²) < 4.78 is 7.09. The summed E-state index contributed by atoms with van der Waals surface area (Å²) in [6.45, 7) is 5.06. The summed E-state index contributed by atoms with van der Waals surface area (Å²) in [4.78, 5) is 0. The molecule has 1 atom stereocenters. The Balaban J connectivity index is 2.49. The van der Waals surface area contributed by atoms with Crippen LogP contribution in [0.3, 0.4) is 0 Å². The first-order valence-corrected chi connectivity index (χ1v) is 5.87. The lowest BCUT2D eigenvalue weighted by molar-refractivity contribution is 0.183. The van der Waals surface area contributed by atoms with Crippen molar-refractivity contribution in [3.8, 4) is 0 Å². The highest BCUT2D eigenvalue weighted by atomic mass is 16.5. The van der Waals surface area contributed by atoms with E-state index in [1.807, 2.05) is 17.9 Å². The van der Waals surface area contributed by atoms with Crippen LogP contribution in [0.25, 0.3) is 0 Å². The van der Waals surface area contributed by atoms with Crippen molar-refractivity contribution in [2.24, 2.45) is 0 Å². The van der Waals surface area contributed by atoms with Crippen molar-refractivity contribution in [2.45, 2.75) is 38.8 Å². The number of hydrogen-bond donors (Lipinski definition) is 1. The highest BCUT2D eigenvalue weighted by Crippen LogP contribution is 2.07. The summed E-state index contributed by atoms with van der Waals surface area (Å²) in [6, 6.07) is 2.97. The summed E-state index contributed by atoms with van der Waals surface area (Å²) in [7, 11) is 3.72. The summed E-state index contributed by atoms with van der Waals surface area (Å²) in [5.41, 5.74) is 1.14. The van der Waals surface area contributed by atoms with E-state index in [1.165, 1.54) is 0 Å². The van der Waals surface area contributed by atoms with Gasteiger partial charge in [-0.1, -0.05) is 0 Å². The minimum Gasteiger partial charge on any atom is -0.385 e. The fourth-order valence-corrected chi connectivity index (χ4v) is 1.63. The molecule has 1 rings (SSSR count). The molecule has 0 saturated carbocycles. The Hall–Kier alpha value is -0.870. The first kappa shape index (κ1) is 13.2. The Morgan fingerprint density at radius 1 is 1.50 bits per heavy atom. The van der Waals surface area contributed by atoms with Gasteiger partial charge in [0, 0.05) is 38.4 Å². The molecule has 0 radical (unpaired) electrons. The van der Waals surface area contributed by atoms with E-state index in [2.05, 4.69) is 30.3 Å². The number of aromatic nitrogens is 2. The molecule has 0 aliphatic rings. The molecule has 0 saturated heterocycles. The number of ether oxygens (including phenoxy) is 1. The molecule has 4 heteroatoms. The van der Waals surface area contributed by atoms with Gasteiger partial charge in [-0.05, 0) is 33.4 Å². The average molecular weight is 225 g/mol. The molecule has 4 nitrogen and oxygen atoms in total. The van der Waals surface area contributed by atoms with E-state index < -0.39 is 0 Å². The molecule has 0 aromatic carbocycles. The Kier molecular flexibility index (Phi) is 5.49. The third-order valence-corrected chi connectivity index (χ3v) is 2.73. The first-order valence-electron chi connectivity index (χ1n) is 5.87. The van der Waals surface area contributed by atoms with Gasteiger partial charge < -0.3 is 10.1 Å². The van der Waals surface area contributed by atoms with E-state index >= 15 is 0 Å². The second-order valence-electron chi connectivity index (χ2n) is 4.35. The van der Waals surface area contributed by atoms with Gasteiger partial charge in [0.05, 0.1) is 5.69 Å². The third kappa shape index (κ3) is 3.94. The van der Waals surface area contributed by atoms with Gasteiger partial charge in [-0.2, -0.15) is 5.10 Å². The lowest BCUT2D eigenvalue weighted by Crippen LogP contribution is -2.29. The van der Waals surface area contributed by atoms with Gasteiger partial charge in [-0.3, -0.25) is 4.68 Å². The topological polar surface area (TPSA) is 39.1 Å². The van der Waals surface area contributed by atoms with E-state index in [-0.39, 0.29) is 0 Å². The van der Waals surface area contributed by atoms with E-state index in [0.717, 1.165) is 25.1 Å². The Morgan fingerprint density at radius 2 is 2.25 bits per heavy atom. The molecular formula is C12H23N3O. The van der Waals surface area contributed by atoms with Crippen molar-refractivity contribution >= 4 is 0 Å². The fourth-order valence-electron chi connectivity index (χ4n) is 1.63. The first-order chi connectivity index (χ1) is 7.67. The van der Waals surface area contributed by atoms with Crippen molar-refractivity contribution in [1.29, 1.82) is 0 Å². The Morgan fingerprint density at radius 3 is 2.75 bits per heavy atom. The predicted octanol–water partition coefficient (Wildman–Crippen LogP) is 1.63. The van der Waals surface area contributed by atoms with Crippen LogP contribution in [0.4, 0.5) is 0 Å². The van der Waals surface area contributed by atoms with Gasteiger partial charge >= 0.3 is 0 Å². The predicted molar refractivity (Wildman–Crippen MR) is 65.7 cm³/mol. The van der Waals surface area contributed by atoms with E-state index in [0.29, 0.717) is 12.1 Å². The highest BCUT2D eigenvalue weighted by Gasteiger charge is 2.09. The van der Waals surface area contributed by atoms with Crippen LogP contribution < -0.4 is 5.32 Å². The molecule has 1 heterocycles. The summed E-state index contributed by atoms with van der Waals surface area (Å²) in [5, 5.41) is 7.84. The second-order valence-corrected chi connectivity index (χ2v) is 4.35. The van der Waals surface area contributed by atoms with Crippen molar-refractivity contribution in [2.75, 3.05) is 20.8 Å². The molecule has 1 unspecified atom stereocenters. The number of nitrogens with zero attached hydrogens (tertiary/aromatic N) is 2. The number of nitrogens with one attached hydrogen (secondary N) is 1. The van der Waals surface area contributed by atoms with Crippen molar-refractivity contribution in [3.05, 3.63) is 18.0 Å². The maximum atomic E-state index is 5.09. The van der Waals surface area contributed by atoms with Crippen molar-refractivity contribution in [1.82, 2.24) is 15.1 Å². The van der Waals surface area contributed by atoms with Crippen LogP contribution >= 0.6 is 0 Å². The molecule has 0 fully saturated rings. The summed E-state index contributed by atoms with van der Waals surface area (Å²) in [6.07, 6.45) is 4.02. The second kappa shape index (κ2) is 6.66. The highest BCUT2D eigenvalue weighted by molar-refractivity contribution is 5.02. The molecule has 0 bridgehead atoms. The Bertz CT molecular complexity index is 296. The lowest BCUT2D eigenvalue weighted by atomic mass is 10.1. The molecule has 0 aliphatic heterocycles. The zero-order chi connectivity index (χ0) is 12.0. The van der Waals surface area contributed by atoms with Crippen LogP contribution in [0.5, 0.6) is 0 Å². The van der Waals surface area contributed by atoms with Crippen LogP contribution in [0, 0.1) is 0 Å². The van der Waals surface area contributed by atoms with Gasteiger partial charge in [0.1, 0.15) is 0 Å². The van der Waals surface area contributed by atoms with Gasteiger partial charge in [0.25, 0.3) is 0 Å². The SMILES string of the molecule is CNC(CCOC)Cc1ccn(C(C)C)n1. The van der Waals surface area contributed by atoms with Crippen LogP contribution in [0.2, 0.25) is 0 Å². The minimum absolute atomic E-state index is 0.431. The lowest BCUT2D eigenvalue weighted by Gasteiger charge is -2.14. The molecule has 1 aromatic heterocycles. The van der Waals surface area contributed by atoms with Crippen LogP contribution in [0.15, 0.2) is 12.3 Å². The molecule has 92 valence electrons. The van der Waals surface area contributed by atoms with E-state index in [1.54, 1.807) is 7.11 Å². The Labute approximate surface area is 98.0 Å². The monoisotopic (exact) mass is 225 g/mol. The largest absolute Gasteiger partial charge is 0.385 e. The molecule has 16 heavy (non-hydrogen) atoms. The number of hydrogen-bond acceptors (Lipinski definition) is 3. The number of rotatable bonds is 7. The van der Waals surface area contributed by atoms with Crippen LogP contribution in [-0.4, -0.2) is 36.6 Å². The third-order valence-electron chi connectivity index (χ3n) is 2.73. The maximum absolute atomic E-state index is 5.09. The van der Waals surface area contributed by atoms with Gasteiger partial charge in [-0.25, -0.2) is 0 Å². The van der Waals surface area contributed by atoms with Crippen LogP contribution in [-0.2, 0) is 11.2 Å². The quantitative estimate of drug-likeness (QED) is 0.766. The molecular weight excluding hydrogens is 202 g/mol. The van der Waals surface area contributed by atoms with Crippen molar-refractivity contribution < 1.29 is 4.74 Å². The maximum Gasteiger partial charge on any atom is 0.0640 e. The molecule has 1 aromatic rings. The molecule has 0 amide bonds. The van der Waals surface area contributed by atoms with E-state index in [4.69, 9.17) is 4.74 Å². The van der Waals surface area contributed by atoms with Gasteiger partial charge in [0.2, 0.25) is 0 Å². The zero-order valence-electron chi connectivity index (χ0n) is 10.7. The smallest absolute Gasteiger partial charge is 0.0640 e. The van der Waals surface area contributed by atoms with Gasteiger partial charge in [-0.15, -0.1) is 0 Å². The molecule has 0 aliphatic carbocycles. The number of methoxy groups -OCH3 is 1. The minimum atomic E-state index is 0.431. The zero-order valence-corrected chi connectivity index (χ0v) is 10.7. The normalized spacial score (nSPS) is 13.3. The van der Waals surface area contributed by atoms with Crippen LogP contribution in [0.1, 0.15) is 32.0 Å². The molecule has 1 N–H and O–H groups in total.